The lowest BCUT2D eigenvalue weighted by Gasteiger charge is -1.98. The molecule has 0 radical (unpaired) electrons. The third-order valence-corrected chi connectivity index (χ3v) is 3.51. The Morgan fingerprint density at radius 3 is 2.83 bits per heavy atom. The predicted octanol–water partition coefficient (Wildman–Crippen LogP) is 3.81. The summed E-state index contributed by atoms with van der Waals surface area (Å²) in [6.45, 7) is 0. The third-order valence-electron chi connectivity index (χ3n) is 2.37. The van der Waals surface area contributed by atoms with E-state index in [0.29, 0.717) is 17.4 Å². The van der Waals surface area contributed by atoms with Crippen LogP contribution in [-0.2, 0) is 0 Å². The Morgan fingerprint density at radius 1 is 1.22 bits per heavy atom. The van der Waals surface area contributed by atoms with Gasteiger partial charge in [-0.05, 0) is 29.6 Å². The Labute approximate surface area is 116 Å². The molecule has 0 aliphatic rings. The van der Waals surface area contributed by atoms with Crippen LogP contribution in [0, 0.1) is 0 Å². The number of nitrogens with two attached hydrogens (primary N) is 1. The molecule has 2 heterocycles. The first-order valence-electron chi connectivity index (χ1n) is 5.15. The van der Waals surface area contributed by atoms with Crippen molar-refractivity contribution < 1.29 is 4.52 Å². The van der Waals surface area contributed by atoms with E-state index in [1.165, 1.54) is 0 Å². The number of hydrogen-bond donors (Lipinski definition) is 1. The summed E-state index contributed by atoms with van der Waals surface area (Å²) < 4.78 is 6.13. The fourth-order valence-electron chi connectivity index (χ4n) is 1.59. The summed E-state index contributed by atoms with van der Waals surface area (Å²) in [4.78, 5) is 4.36. The summed E-state index contributed by atoms with van der Waals surface area (Å²) in [5, 5.41) is 7.91. The van der Waals surface area contributed by atoms with Gasteiger partial charge in [-0.2, -0.15) is 16.3 Å². The van der Waals surface area contributed by atoms with Crippen LogP contribution in [0.4, 0.5) is 5.69 Å². The zero-order valence-electron chi connectivity index (χ0n) is 9.13. The number of aromatic nitrogens is 2. The Balaban J connectivity index is 2.03. The highest BCUT2D eigenvalue weighted by atomic mass is 79.9. The van der Waals surface area contributed by atoms with Crippen molar-refractivity contribution in [1.82, 2.24) is 10.1 Å². The van der Waals surface area contributed by atoms with E-state index in [1.807, 2.05) is 29.0 Å². The quantitative estimate of drug-likeness (QED) is 0.729. The Morgan fingerprint density at radius 2 is 2.11 bits per heavy atom. The van der Waals surface area contributed by atoms with Gasteiger partial charge in [0, 0.05) is 26.7 Å². The minimum absolute atomic E-state index is 0.462. The molecule has 2 aromatic heterocycles. The van der Waals surface area contributed by atoms with Crippen molar-refractivity contribution in [2.75, 3.05) is 5.73 Å². The van der Waals surface area contributed by atoms with Crippen molar-refractivity contribution in [2.45, 2.75) is 0 Å². The van der Waals surface area contributed by atoms with Gasteiger partial charge < -0.3 is 10.3 Å². The van der Waals surface area contributed by atoms with Crippen LogP contribution in [0.5, 0.6) is 0 Å². The third kappa shape index (κ3) is 2.16. The first kappa shape index (κ1) is 11.4. The maximum absolute atomic E-state index is 5.78. The van der Waals surface area contributed by atoms with E-state index in [2.05, 4.69) is 26.1 Å². The van der Waals surface area contributed by atoms with Gasteiger partial charge in [-0.1, -0.05) is 21.1 Å². The molecule has 90 valence electrons. The van der Waals surface area contributed by atoms with Crippen molar-refractivity contribution in [3.63, 3.8) is 0 Å². The van der Waals surface area contributed by atoms with E-state index in [9.17, 15) is 0 Å². The highest BCUT2D eigenvalue weighted by molar-refractivity contribution is 9.10. The fraction of sp³-hybridized carbons (Fsp3) is 0. The summed E-state index contributed by atoms with van der Waals surface area (Å²) in [5.41, 5.74) is 8.19. The molecule has 0 bridgehead atoms. The number of halogens is 1. The van der Waals surface area contributed by atoms with E-state index >= 15 is 0 Å². The Kier molecular flexibility index (Phi) is 2.89. The van der Waals surface area contributed by atoms with Crippen LogP contribution in [0.3, 0.4) is 0 Å². The highest BCUT2D eigenvalue weighted by Gasteiger charge is 2.11. The average Bonchev–Trinajstić information content (AvgIpc) is 2.99. The van der Waals surface area contributed by atoms with Gasteiger partial charge >= 0.3 is 0 Å². The normalized spacial score (nSPS) is 10.7. The molecule has 4 nitrogen and oxygen atoms in total. The van der Waals surface area contributed by atoms with Crippen molar-refractivity contribution in [3.8, 4) is 22.8 Å². The van der Waals surface area contributed by atoms with Gasteiger partial charge in [0.15, 0.2) is 0 Å². The Hall–Kier alpha value is -1.66. The van der Waals surface area contributed by atoms with Crippen molar-refractivity contribution in [3.05, 3.63) is 39.5 Å². The van der Waals surface area contributed by atoms with Crippen LogP contribution in [-0.4, -0.2) is 10.1 Å². The van der Waals surface area contributed by atoms with Crippen molar-refractivity contribution in [1.29, 1.82) is 0 Å². The minimum atomic E-state index is 0.462. The lowest BCUT2D eigenvalue weighted by Crippen LogP contribution is -1.86. The fourth-order valence-corrected chi connectivity index (χ4v) is 2.73. The Bertz CT molecular complexity index is 658. The molecule has 0 aliphatic carbocycles. The number of nitrogen functional groups attached to an aromatic ring is 1. The second kappa shape index (κ2) is 4.55. The van der Waals surface area contributed by atoms with Crippen LogP contribution in [0.15, 0.2) is 44.0 Å². The first-order chi connectivity index (χ1) is 8.72. The van der Waals surface area contributed by atoms with Crippen LogP contribution in [0.25, 0.3) is 22.8 Å². The molecule has 0 amide bonds. The molecule has 6 heteroatoms. The number of thiophene rings is 1. The van der Waals surface area contributed by atoms with Crippen LogP contribution >= 0.6 is 27.3 Å². The summed E-state index contributed by atoms with van der Waals surface area (Å²) in [6, 6.07) is 7.46. The molecule has 3 rings (SSSR count). The standard InChI is InChI=1S/C12H8BrN3OS/c13-9-3-8(4-10(14)5-9)12-15-11(16-17-12)7-1-2-18-6-7/h1-6H,14H2. The highest BCUT2D eigenvalue weighted by Crippen LogP contribution is 2.27. The predicted molar refractivity (Wildman–Crippen MR) is 75.2 cm³/mol. The van der Waals surface area contributed by atoms with E-state index in [-0.39, 0.29) is 0 Å². The van der Waals surface area contributed by atoms with Crippen LogP contribution in [0.1, 0.15) is 0 Å². The largest absolute Gasteiger partial charge is 0.399 e. The summed E-state index contributed by atoms with van der Waals surface area (Å²) in [7, 11) is 0. The van der Waals surface area contributed by atoms with Gasteiger partial charge in [-0.3, -0.25) is 0 Å². The summed E-state index contributed by atoms with van der Waals surface area (Å²) in [5.74, 6) is 1.05. The molecular formula is C12H8BrN3OS. The summed E-state index contributed by atoms with van der Waals surface area (Å²) in [6.07, 6.45) is 0. The summed E-state index contributed by atoms with van der Waals surface area (Å²) >= 11 is 4.98. The second-order valence-electron chi connectivity index (χ2n) is 3.71. The first-order valence-corrected chi connectivity index (χ1v) is 6.89. The number of benzene rings is 1. The lowest BCUT2D eigenvalue weighted by molar-refractivity contribution is 0.432. The van der Waals surface area contributed by atoms with Gasteiger partial charge in [0.1, 0.15) is 0 Å². The smallest absolute Gasteiger partial charge is 0.258 e. The van der Waals surface area contributed by atoms with Crippen LogP contribution < -0.4 is 5.73 Å². The number of hydrogen-bond acceptors (Lipinski definition) is 5. The molecule has 0 aliphatic heterocycles. The van der Waals surface area contributed by atoms with Gasteiger partial charge in [0.25, 0.3) is 5.89 Å². The zero-order valence-corrected chi connectivity index (χ0v) is 11.5. The number of rotatable bonds is 2. The maximum Gasteiger partial charge on any atom is 0.258 e. The molecule has 0 saturated carbocycles. The molecule has 0 spiro atoms. The second-order valence-corrected chi connectivity index (χ2v) is 5.40. The van der Waals surface area contributed by atoms with Gasteiger partial charge in [-0.25, -0.2) is 0 Å². The van der Waals surface area contributed by atoms with Gasteiger partial charge in [0.05, 0.1) is 0 Å². The zero-order chi connectivity index (χ0) is 12.5. The lowest BCUT2D eigenvalue weighted by atomic mass is 10.2. The number of nitrogens with zero attached hydrogens (tertiary/aromatic N) is 2. The average molecular weight is 322 g/mol. The van der Waals surface area contributed by atoms with E-state index in [4.69, 9.17) is 10.3 Å². The van der Waals surface area contributed by atoms with Crippen LogP contribution in [0.2, 0.25) is 0 Å². The van der Waals surface area contributed by atoms with E-state index in [1.54, 1.807) is 17.4 Å². The molecule has 0 atom stereocenters. The molecule has 1 aromatic carbocycles. The SMILES string of the molecule is Nc1cc(Br)cc(-c2nc(-c3ccsc3)no2)c1. The minimum Gasteiger partial charge on any atom is -0.399 e. The van der Waals surface area contributed by atoms with E-state index in [0.717, 1.165) is 15.6 Å². The molecule has 0 fully saturated rings. The van der Waals surface area contributed by atoms with Gasteiger partial charge in [-0.15, -0.1) is 0 Å². The van der Waals surface area contributed by atoms with Crippen molar-refractivity contribution >= 4 is 33.0 Å². The molecule has 2 N–H and O–H groups in total. The topological polar surface area (TPSA) is 64.9 Å². The maximum atomic E-state index is 5.78. The number of anilines is 1. The molecule has 18 heavy (non-hydrogen) atoms. The molecule has 3 aromatic rings. The van der Waals surface area contributed by atoms with Crippen molar-refractivity contribution in [2.24, 2.45) is 0 Å². The monoisotopic (exact) mass is 321 g/mol. The van der Waals surface area contributed by atoms with Gasteiger partial charge in [0.2, 0.25) is 5.82 Å². The molecule has 0 saturated heterocycles. The van der Waals surface area contributed by atoms with E-state index < -0.39 is 0 Å². The molecular weight excluding hydrogens is 314 g/mol. The molecule has 0 unspecified atom stereocenters.